The summed E-state index contributed by atoms with van der Waals surface area (Å²) in [6.07, 6.45) is 0.837. The Labute approximate surface area is 116 Å². The molecule has 1 unspecified atom stereocenters. The summed E-state index contributed by atoms with van der Waals surface area (Å²) in [4.78, 5) is 13.4. The van der Waals surface area contributed by atoms with Crippen LogP contribution in [0.4, 0.5) is 0 Å². The second-order valence-corrected chi connectivity index (χ2v) is 5.38. The minimum atomic E-state index is -0.145. The van der Waals surface area contributed by atoms with Crippen molar-refractivity contribution in [1.29, 1.82) is 0 Å². The number of hydrogen-bond donors (Lipinski definition) is 2. The van der Waals surface area contributed by atoms with Gasteiger partial charge in [0, 0.05) is 16.0 Å². The third-order valence-electron chi connectivity index (χ3n) is 3.15. The highest BCUT2D eigenvalue weighted by Crippen LogP contribution is 2.24. The van der Waals surface area contributed by atoms with E-state index in [1.54, 1.807) is 36.5 Å². The first-order valence-corrected chi connectivity index (χ1v) is 7.14. The van der Waals surface area contributed by atoms with Crippen molar-refractivity contribution >= 4 is 17.2 Å². The van der Waals surface area contributed by atoms with E-state index in [2.05, 4.69) is 5.32 Å². The molecule has 0 saturated heterocycles. The average molecular weight is 275 g/mol. The number of phenols is 1. The third-order valence-corrected chi connectivity index (χ3v) is 4.14. The third kappa shape index (κ3) is 2.96. The molecule has 0 spiro atoms. The van der Waals surface area contributed by atoms with E-state index in [9.17, 15) is 9.90 Å². The molecule has 1 aromatic heterocycles. The smallest absolute Gasteiger partial charge is 0.252 e. The fourth-order valence-electron chi connectivity index (χ4n) is 1.97. The van der Waals surface area contributed by atoms with Crippen molar-refractivity contribution in [3.8, 4) is 5.75 Å². The minimum absolute atomic E-state index is 0.0225. The van der Waals surface area contributed by atoms with Crippen molar-refractivity contribution < 1.29 is 9.90 Å². The molecule has 1 aromatic carbocycles. The first-order valence-electron chi connectivity index (χ1n) is 6.26. The number of phenolic OH excluding ortho intramolecular Hbond substituents is 1. The van der Waals surface area contributed by atoms with Gasteiger partial charge in [0.05, 0.1) is 6.04 Å². The van der Waals surface area contributed by atoms with Gasteiger partial charge in [0.15, 0.2) is 0 Å². The lowest BCUT2D eigenvalue weighted by Gasteiger charge is -2.16. The summed E-state index contributed by atoms with van der Waals surface area (Å²) in [7, 11) is 0. The topological polar surface area (TPSA) is 49.3 Å². The number of benzene rings is 1. The Kier molecular flexibility index (Phi) is 4.22. The Morgan fingerprint density at radius 3 is 2.79 bits per heavy atom. The Morgan fingerprint density at radius 2 is 2.16 bits per heavy atom. The Morgan fingerprint density at radius 1 is 1.37 bits per heavy atom. The zero-order chi connectivity index (χ0) is 13.8. The molecule has 4 heteroatoms. The van der Waals surface area contributed by atoms with Crippen LogP contribution in [0.25, 0.3) is 0 Å². The van der Waals surface area contributed by atoms with Gasteiger partial charge in [-0.25, -0.2) is 0 Å². The van der Waals surface area contributed by atoms with Crippen LogP contribution in [0.15, 0.2) is 35.7 Å². The van der Waals surface area contributed by atoms with Crippen molar-refractivity contribution in [3.05, 3.63) is 51.7 Å². The maximum Gasteiger partial charge on any atom is 0.252 e. The molecule has 0 aliphatic rings. The molecule has 0 radical (unpaired) electrons. The molecule has 19 heavy (non-hydrogen) atoms. The molecular weight excluding hydrogens is 258 g/mol. The van der Waals surface area contributed by atoms with E-state index in [1.807, 2.05) is 24.4 Å². The van der Waals surface area contributed by atoms with Gasteiger partial charge in [0.25, 0.3) is 5.91 Å². The van der Waals surface area contributed by atoms with Crippen LogP contribution in [0.2, 0.25) is 0 Å². The molecule has 0 aliphatic heterocycles. The molecule has 2 N–H and O–H groups in total. The van der Waals surface area contributed by atoms with Gasteiger partial charge in [-0.3, -0.25) is 4.79 Å². The van der Waals surface area contributed by atoms with Gasteiger partial charge in [-0.2, -0.15) is 0 Å². The van der Waals surface area contributed by atoms with Gasteiger partial charge in [-0.05, 0) is 36.9 Å². The fraction of sp³-hybridized carbons (Fsp3) is 0.267. The van der Waals surface area contributed by atoms with Crippen LogP contribution in [0.5, 0.6) is 5.75 Å². The summed E-state index contributed by atoms with van der Waals surface area (Å²) in [5.74, 6) is 0.00507. The molecule has 1 heterocycles. The molecule has 100 valence electrons. The SMILES string of the molecule is CCC(NC(=O)c1cccc(O)c1C)c1cccs1. The first-order chi connectivity index (χ1) is 9.13. The summed E-state index contributed by atoms with van der Waals surface area (Å²) in [6.45, 7) is 3.79. The van der Waals surface area contributed by atoms with Crippen LogP contribution >= 0.6 is 11.3 Å². The summed E-state index contributed by atoms with van der Waals surface area (Å²) in [5, 5.41) is 14.7. The molecule has 1 atom stereocenters. The predicted molar refractivity (Wildman–Crippen MR) is 77.7 cm³/mol. The normalized spacial score (nSPS) is 12.1. The van der Waals surface area contributed by atoms with Crippen LogP contribution in [0, 0.1) is 6.92 Å². The molecular formula is C15H17NO2S. The highest BCUT2D eigenvalue weighted by atomic mass is 32.1. The summed E-state index contributed by atoms with van der Waals surface area (Å²) in [5.41, 5.74) is 1.14. The molecule has 0 saturated carbocycles. The van der Waals surface area contributed by atoms with E-state index < -0.39 is 0 Å². The van der Waals surface area contributed by atoms with Crippen molar-refractivity contribution in [3.63, 3.8) is 0 Å². The number of carbonyl (C=O) groups excluding carboxylic acids is 1. The molecule has 1 amide bonds. The number of carbonyl (C=O) groups is 1. The molecule has 3 nitrogen and oxygen atoms in total. The Bertz CT molecular complexity index is 564. The second kappa shape index (κ2) is 5.89. The van der Waals surface area contributed by atoms with E-state index in [-0.39, 0.29) is 17.7 Å². The molecule has 0 bridgehead atoms. The van der Waals surface area contributed by atoms with Gasteiger partial charge < -0.3 is 10.4 Å². The van der Waals surface area contributed by atoms with Crippen molar-refractivity contribution in [2.75, 3.05) is 0 Å². The van der Waals surface area contributed by atoms with E-state index in [0.29, 0.717) is 11.1 Å². The standard InChI is InChI=1S/C15H17NO2S/c1-3-12(14-8-5-9-19-14)16-15(18)11-6-4-7-13(17)10(11)2/h4-9,12,17H,3H2,1-2H3,(H,16,18). The van der Waals surface area contributed by atoms with Crippen molar-refractivity contribution in [2.45, 2.75) is 26.3 Å². The zero-order valence-electron chi connectivity index (χ0n) is 11.0. The average Bonchev–Trinajstić information content (AvgIpc) is 2.92. The van der Waals surface area contributed by atoms with Gasteiger partial charge in [-0.1, -0.05) is 19.1 Å². The molecule has 0 fully saturated rings. The van der Waals surface area contributed by atoms with Gasteiger partial charge in [0.1, 0.15) is 5.75 Å². The largest absolute Gasteiger partial charge is 0.508 e. The number of nitrogens with one attached hydrogen (secondary N) is 1. The van der Waals surface area contributed by atoms with E-state index in [1.165, 1.54) is 0 Å². The summed E-state index contributed by atoms with van der Waals surface area (Å²) >= 11 is 1.64. The monoisotopic (exact) mass is 275 g/mol. The van der Waals surface area contributed by atoms with Crippen LogP contribution in [-0.2, 0) is 0 Å². The maximum atomic E-state index is 12.3. The number of hydrogen-bond acceptors (Lipinski definition) is 3. The van der Waals surface area contributed by atoms with Gasteiger partial charge in [-0.15, -0.1) is 11.3 Å². The summed E-state index contributed by atoms with van der Waals surface area (Å²) < 4.78 is 0. The van der Waals surface area contributed by atoms with E-state index >= 15 is 0 Å². The zero-order valence-corrected chi connectivity index (χ0v) is 11.8. The fourth-order valence-corrected chi connectivity index (χ4v) is 2.83. The van der Waals surface area contributed by atoms with Crippen LogP contribution in [-0.4, -0.2) is 11.0 Å². The first kappa shape index (κ1) is 13.6. The predicted octanol–water partition coefficient (Wildman–Crippen LogP) is 3.64. The second-order valence-electron chi connectivity index (χ2n) is 4.40. The molecule has 2 aromatic rings. The number of aromatic hydroxyl groups is 1. The maximum absolute atomic E-state index is 12.3. The summed E-state index contributed by atoms with van der Waals surface area (Å²) in [6, 6.07) is 9.02. The Hall–Kier alpha value is -1.81. The lowest BCUT2D eigenvalue weighted by Crippen LogP contribution is -2.28. The van der Waals surface area contributed by atoms with Crippen molar-refractivity contribution in [2.24, 2.45) is 0 Å². The molecule has 0 aliphatic carbocycles. The number of thiophene rings is 1. The van der Waals surface area contributed by atoms with Crippen LogP contribution in [0.3, 0.4) is 0 Å². The van der Waals surface area contributed by atoms with Crippen LogP contribution in [0.1, 0.15) is 40.2 Å². The highest BCUT2D eigenvalue weighted by Gasteiger charge is 2.17. The van der Waals surface area contributed by atoms with Gasteiger partial charge in [0.2, 0.25) is 0 Å². The van der Waals surface area contributed by atoms with E-state index in [4.69, 9.17) is 0 Å². The minimum Gasteiger partial charge on any atom is -0.508 e. The van der Waals surface area contributed by atoms with Crippen LogP contribution < -0.4 is 5.32 Å². The van der Waals surface area contributed by atoms with Crippen molar-refractivity contribution in [1.82, 2.24) is 5.32 Å². The number of amides is 1. The lowest BCUT2D eigenvalue weighted by atomic mass is 10.1. The lowest BCUT2D eigenvalue weighted by molar-refractivity contribution is 0.0935. The number of rotatable bonds is 4. The quantitative estimate of drug-likeness (QED) is 0.895. The van der Waals surface area contributed by atoms with E-state index in [0.717, 1.165) is 11.3 Å². The Balaban J connectivity index is 2.18. The van der Waals surface area contributed by atoms with Gasteiger partial charge >= 0.3 is 0 Å². The molecule has 2 rings (SSSR count). The highest BCUT2D eigenvalue weighted by molar-refractivity contribution is 7.10.